The van der Waals surface area contributed by atoms with Gasteiger partial charge in [-0.25, -0.2) is 0 Å². The van der Waals surface area contributed by atoms with Gasteiger partial charge >= 0.3 is 0 Å². The standard InChI is InChI=1S/C13H18BrNO3/c14-12-7-10-1-4-18-13(10)11(8-12)9-15-2-5-17-6-3-16/h7-8,15-16H,1-6,9H2. The molecule has 4 nitrogen and oxygen atoms in total. The van der Waals surface area contributed by atoms with Crippen molar-refractivity contribution < 1.29 is 14.6 Å². The predicted molar refractivity (Wildman–Crippen MR) is 73.0 cm³/mol. The van der Waals surface area contributed by atoms with Gasteiger partial charge in [0.2, 0.25) is 0 Å². The lowest BCUT2D eigenvalue weighted by atomic mass is 10.1. The third-order valence-electron chi connectivity index (χ3n) is 2.80. The van der Waals surface area contributed by atoms with Crippen molar-refractivity contribution in [2.75, 3.05) is 33.0 Å². The molecule has 0 unspecified atom stereocenters. The molecular formula is C13H18BrNO3. The van der Waals surface area contributed by atoms with Crippen molar-refractivity contribution in [3.8, 4) is 5.75 Å². The van der Waals surface area contributed by atoms with E-state index in [0.717, 1.165) is 36.3 Å². The molecule has 1 aromatic carbocycles. The van der Waals surface area contributed by atoms with Crippen LogP contribution in [-0.2, 0) is 17.7 Å². The zero-order valence-corrected chi connectivity index (χ0v) is 11.8. The van der Waals surface area contributed by atoms with Crippen LogP contribution in [0.4, 0.5) is 0 Å². The molecule has 0 bridgehead atoms. The number of halogens is 1. The van der Waals surface area contributed by atoms with Gasteiger partial charge in [-0.1, -0.05) is 15.9 Å². The first-order valence-electron chi connectivity index (χ1n) is 6.14. The first-order chi connectivity index (χ1) is 8.81. The van der Waals surface area contributed by atoms with Crippen LogP contribution >= 0.6 is 15.9 Å². The van der Waals surface area contributed by atoms with Gasteiger partial charge in [0.1, 0.15) is 5.75 Å². The van der Waals surface area contributed by atoms with Gasteiger partial charge in [-0.2, -0.15) is 0 Å². The van der Waals surface area contributed by atoms with E-state index in [0.29, 0.717) is 13.2 Å². The maximum Gasteiger partial charge on any atom is 0.127 e. The summed E-state index contributed by atoms with van der Waals surface area (Å²) in [4.78, 5) is 0. The van der Waals surface area contributed by atoms with Gasteiger partial charge in [0.15, 0.2) is 0 Å². The van der Waals surface area contributed by atoms with E-state index in [1.54, 1.807) is 0 Å². The Morgan fingerprint density at radius 2 is 2.28 bits per heavy atom. The average molecular weight is 316 g/mol. The van der Waals surface area contributed by atoms with Crippen molar-refractivity contribution in [2.45, 2.75) is 13.0 Å². The average Bonchev–Trinajstić information content (AvgIpc) is 2.81. The van der Waals surface area contributed by atoms with E-state index in [2.05, 4.69) is 33.4 Å². The highest BCUT2D eigenvalue weighted by Gasteiger charge is 2.16. The predicted octanol–water partition coefficient (Wildman–Crippen LogP) is 1.48. The molecule has 2 N–H and O–H groups in total. The largest absolute Gasteiger partial charge is 0.493 e. The molecule has 2 rings (SSSR count). The number of benzene rings is 1. The topological polar surface area (TPSA) is 50.7 Å². The summed E-state index contributed by atoms with van der Waals surface area (Å²) >= 11 is 3.52. The number of hydrogen-bond acceptors (Lipinski definition) is 4. The molecule has 0 amide bonds. The van der Waals surface area contributed by atoms with Crippen LogP contribution in [-0.4, -0.2) is 38.1 Å². The van der Waals surface area contributed by atoms with Crippen molar-refractivity contribution in [3.63, 3.8) is 0 Å². The Hall–Kier alpha value is -0.620. The van der Waals surface area contributed by atoms with Gasteiger partial charge in [-0.05, 0) is 17.7 Å². The number of nitrogens with one attached hydrogen (secondary N) is 1. The molecule has 1 aliphatic heterocycles. The van der Waals surface area contributed by atoms with Crippen molar-refractivity contribution in [3.05, 3.63) is 27.7 Å². The maximum absolute atomic E-state index is 8.57. The Morgan fingerprint density at radius 3 is 3.11 bits per heavy atom. The van der Waals surface area contributed by atoms with Crippen molar-refractivity contribution in [1.82, 2.24) is 5.32 Å². The number of fused-ring (bicyclic) bond motifs is 1. The van der Waals surface area contributed by atoms with Crippen LogP contribution in [0.3, 0.4) is 0 Å². The third-order valence-corrected chi connectivity index (χ3v) is 3.26. The molecule has 5 heteroatoms. The van der Waals surface area contributed by atoms with Gasteiger partial charge in [0.25, 0.3) is 0 Å². The number of ether oxygens (including phenoxy) is 2. The highest BCUT2D eigenvalue weighted by molar-refractivity contribution is 9.10. The molecule has 1 aliphatic rings. The minimum atomic E-state index is 0.0764. The Morgan fingerprint density at radius 1 is 1.39 bits per heavy atom. The highest BCUT2D eigenvalue weighted by atomic mass is 79.9. The van der Waals surface area contributed by atoms with Crippen LogP contribution in [0.1, 0.15) is 11.1 Å². The zero-order valence-electron chi connectivity index (χ0n) is 10.2. The summed E-state index contributed by atoms with van der Waals surface area (Å²) in [5.41, 5.74) is 2.46. The fourth-order valence-corrected chi connectivity index (χ4v) is 2.56. The third kappa shape index (κ3) is 3.68. The van der Waals surface area contributed by atoms with Crippen LogP contribution in [0.25, 0.3) is 0 Å². The van der Waals surface area contributed by atoms with Gasteiger partial charge in [-0.15, -0.1) is 0 Å². The molecular weight excluding hydrogens is 298 g/mol. The monoisotopic (exact) mass is 315 g/mol. The van der Waals surface area contributed by atoms with Crippen molar-refractivity contribution >= 4 is 15.9 Å². The van der Waals surface area contributed by atoms with E-state index in [1.807, 2.05) is 0 Å². The number of aliphatic hydroxyl groups excluding tert-OH is 1. The smallest absolute Gasteiger partial charge is 0.127 e. The first-order valence-corrected chi connectivity index (χ1v) is 6.94. The summed E-state index contributed by atoms with van der Waals surface area (Å²) in [5.74, 6) is 1.03. The number of aliphatic hydroxyl groups is 1. The normalized spacial score (nSPS) is 13.4. The second kappa shape index (κ2) is 7.09. The highest BCUT2D eigenvalue weighted by Crippen LogP contribution is 2.32. The molecule has 0 aliphatic carbocycles. The molecule has 0 spiro atoms. The van der Waals surface area contributed by atoms with E-state index >= 15 is 0 Å². The Balaban J connectivity index is 1.82. The number of rotatable bonds is 7. The Kier molecular flexibility index (Phi) is 5.44. The summed E-state index contributed by atoms with van der Waals surface area (Å²) in [7, 11) is 0. The van der Waals surface area contributed by atoms with Crippen LogP contribution in [0.2, 0.25) is 0 Å². The first kappa shape index (κ1) is 13.8. The molecule has 0 atom stereocenters. The zero-order chi connectivity index (χ0) is 12.8. The summed E-state index contributed by atoms with van der Waals surface area (Å²) in [6, 6.07) is 4.21. The summed E-state index contributed by atoms with van der Waals surface area (Å²) < 4.78 is 11.9. The molecule has 0 aromatic heterocycles. The number of hydrogen-bond donors (Lipinski definition) is 2. The fraction of sp³-hybridized carbons (Fsp3) is 0.538. The Labute approximate surface area is 115 Å². The summed E-state index contributed by atoms with van der Waals surface area (Å²) in [5, 5.41) is 11.9. The van der Waals surface area contributed by atoms with Crippen molar-refractivity contribution in [2.24, 2.45) is 0 Å². The quantitative estimate of drug-likeness (QED) is 0.748. The van der Waals surface area contributed by atoms with Crippen LogP contribution in [0, 0.1) is 0 Å². The van der Waals surface area contributed by atoms with Gasteiger partial charge in [0.05, 0.1) is 26.4 Å². The lowest BCUT2D eigenvalue weighted by Crippen LogP contribution is -2.20. The molecule has 0 fully saturated rings. The fourth-order valence-electron chi connectivity index (χ4n) is 2.01. The second-order valence-corrected chi connectivity index (χ2v) is 5.08. The molecule has 0 saturated heterocycles. The minimum absolute atomic E-state index is 0.0764. The molecule has 18 heavy (non-hydrogen) atoms. The molecule has 0 radical (unpaired) electrons. The Bertz CT molecular complexity index is 398. The van der Waals surface area contributed by atoms with Gasteiger partial charge in [0, 0.05) is 29.5 Å². The van der Waals surface area contributed by atoms with E-state index in [-0.39, 0.29) is 6.61 Å². The minimum Gasteiger partial charge on any atom is -0.493 e. The van der Waals surface area contributed by atoms with E-state index in [4.69, 9.17) is 14.6 Å². The van der Waals surface area contributed by atoms with E-state index in [1.165, 1.54) is 11.1 Å². The second-order valence-electron chi connectivity index (χ2n) is 4.16. The van der Waals surface area contributed by atoms with Gasteiger partial charge < -0.3 is 19.9 Å². The van der Waals surface area contributed by atoms with Crippen LogP contribution in [0.5, 0.6) is 5.75 Å². The SMILES string of the molecule is OCCOCCNCc1cc(Br)cc2c1OCC2. The van der Waals surface area contributed by atoms with Crippen molar-refractivity contribution in [1.29, 1.82) is 0 Å². The lowest BCUT2D eigenvalue weighted by molar-refractivity contribution is 0.0937. The molecule has 1 aromatic rings. The molecule has 0 saturated carbocycles. The van der Waals surface area contributed by atoms with Crippen LogP contribution < -0.4 is 10.1 Å². The molecule has 1 heterocycles. The van der Waals surface area contributed by atoms with E-state index < -0.39 is 0 Å². The molecule has 100 valence electrons. The lowest BCUT2D eigenvalue weighted by Gasteiger charge is -2.10. The summed E-state index contributed by atoms with van der Waals surface area (Å²) in [6.45, 7) is 3.39. The maximum atomic E-state index is 8.57. The van der Waals surface area contributed by atoms with Gasteiger partial charge in [-0.3, -0.25) is 0 Å². The van der Waals surface area contributed by atoms with Crippen LogP contribution in [0.15, 0.2) is 16.6 Å². The summed E-state index contributed by atoms with van der Waals surface area (Å²) in [6.07, 6.45) is 0.987. The van der Waals surface area contributed by atoms with E-state index in [9.17, 15) is 0 Å².